The summed E-state index contributed by atoms with van der Waals surface area (Å²) in [5, 5.41) is 16.6. The summed E-state index contributed by atoms with van der Waals surface area (Å²) in [6, 6.07) is 12.6. The maximum Gasteiger partial charge on any atom is 0.165 e. The molecule has 1 unspecified atom stereocenters. The molecule has 3 heterocycles. The van der Waals surface area contributed by atoms with Crippen molar-refractivity contribution < 1.29 is 5.11 Å². The van der Waals surface area contributed by atoms with E-state index in [0.717, 1.165) is 69.6 Å². The van der Waals surface area contributed by atoms with Crippen molar-refractivity contribution in [3.05, 3.63) is 77.8 Å². The standard InChI is InChI=1S/C30H31N5O/c1-18-19(2)34-35-27(18)32-15-22-14-25(20-6-4-3-5-7-20)26(33-28(22)35)21-8-10-23(11-9-21)29(31)16-30(36,17-29)24-12-13-24/h3-10,14-15,23-24,36H,11-13,16-17,31H2,1-2H3. The zero-order valence-electron chi connectivity index (χ0n) is 20.8. The maximum absolute atomic E-state index is 10.9. The molecular weight excluding hydrogens is 446 g/mol. The number of hydrogen-bond acceptors (Lipinski definition) is 5. The molecule has 0 aliphatic heterocycles. The highest BCUT2D eigenvalue weighted by atomic mass is 16.3. The predicted octanol–water partition coefficient (Wildman–Crippen LogP) is 5.15. The zero-order chi connectivity index (χ0) is 24.7. The van der Waals surface area contributed by atoms with E-state index >= 15 is 0 Å². The zero-order valence-corrected chi connectivity index (χ0v) is 20.8. The van der Waals surface area contributed by atoms with Crippen LogP contribution in [0.4, 0.5) is 0 Å². The number of hydrogen-bond donors (Lipinski definition) is 2. The summed E-state index contributed by atoms with van der Waals surface area (Å²) < 4.78 is 1.87. The van der Waals surface area contributed by atoms with Gasteiger partial charge in [0.15, 0.2) is 11.3 Å². The van der Waals surface area contributed by atoms with E-state index in [1.54, 1.807) is 0 Å². The number of fused-ring (bicyclic) bond motifs is 3. The van der Waals surface area contributed by atoms with Gasteiger partial charge in [-0.25, -0.2) is 9.97 Å². The molecule has 0 bridgehead atoms. The van der Waals surface area contributed by atoms with Gasteiger partial charge in [0, 0.05) is 28.2 Å². The summed E-state index contributed by atoms with van der Waals surface area (Å²) in [5.74, 6) is 0.692. The average Bonchev–Trinajstić information content (AvgIpc) is 3.70. The van der Waals surface area contributed by atoms with E-state index in [1.807, 2.05) is 23.7 Å². The Morgan fingerprint density at radius 1 is 1.08 bits per heavy atom. The number of benzene rings is 1. The number of aryl methyl sites for hydroxylation is 2. The molecular formula is C30H31N5O. The Morgan fingerprint density at radius 2 is 1.86 bits per heavy atom. The van der Waals surface area contributed by atoms with Gasteiger partial charge in [-0.3, -0.25) is 0 Å². The number of allylic oxidation sites excluding steroid dienone is 3. The van der Waals surface area contributed by atoms with Gasteiger partial charge < -0.3 is 10.8 Å². The van der Waals surface area contributed by atoms with Crippen molar-refractivity contribution in [2.24, 2.45) is 17.6 Å². The van der Waals surface area contributed by atoms with Crippen LogP contribution in [0.3, 0.4) is 0 Å². The van der Waals surface area contributed by atoms with Crippen LogP contribution in [0.2, 0.25) is 0 Å². The van der Waals surface area contributed by atoms with E-state index in [-0.39, 0.29) is 11.5 Å². The molecule has 4 aromatic rings. The fourth-order valence-electron chi connectivity index (χ4n) is 6.35. The minimum Gasteiger partial charge on any atom is -0.389 e. The van der Waals surface area contributed by atoms with Crippen molar-refractivity contribution in [2.45, 2.75) is 57.1 Å². The minimum atomic E-state index is -0.535. The van der Waals surface area contributed by atoms with Crippen LogP contribution in [-0.2, 0) is 0 Å². The Morgan fingerprint density at radius 3 is 2.56 bits per heavy atom. The van der Waals surface area contributed by atoms with Gasteiger partial charge in [0.1, 0.15) is 0 Å². The van der Waals surface area contributed by atoms with Crippen molar-refractivity contribution in [1.82, 2.24) is 19.6 Å². The maximum atomic E-state index is 10.9. The average molecular weight is 478 g/mol. The van der Waals surface area contributed by atoms with Gasteiger partial charge in [-0.1, -0.05) is 48.6 Å². The van der Waals surface area contributed by atoms with E-state index in [2.05, 4.69) is 60.5 Å². The Kier molecular flexibility index (Phi) is 4.61. The highest BCUT2D eigenvalue weighted by Crippen LogP contribution is 2.56. The molecule has 2 fully saturated rings. The number of nitrogens with zero attached hydrogens (tertiary/aromatic N) is 4. The monoisotopic (exact) mass is 477 g/mol. The van der Waals surface area contributed by atoms with E-state index < -0.39 is 5.60 Å². The first-order valence-electron chi connectivity index (χ1n) is 13.0. The summed E-state index contributed by atoms with van der Waals surface area (Å²) >= 11 is 0. The van der Waals surface area contributed by atoms with Crippen molar-refractivity contribution in [3.63, 3.8) is 0 Å². The van der Waals surface area contributed by atoms with Crippen LogP contribution in [0.5, 0.6) is 0 Å². The lowest BCUT2D eigenvalue weighted by molar-refractivity contribution is -0.115. The van der Waals surface area contributed by atoms with Gasteiger partial charge >= 0.3 is 0 Å². The fourth-order valence-corrected chi connectivity index (χ4v) is 6.35. The van der Waals surface area contributed by atoms with Gasteiger partial charge in [-0.15, -0.1) is 0 Å². The smallest absolute Gasteiger partial charge is 0.165 e. The number of nitrogens with two attached hydrogens (primary N) is 1. The van der Waals surface area contributed by atoms with Gasteiger partial charge in [0.05, 0.1) is 17.0 Å². The molecule has 182 valence electrons. The molecule has 36 heavy (non-hydrogen) atoms. The molecule has 0 radical (unpaired) electrons. The summed E-state index contributed by atoms with van der Waals surface area (Å²) in [5.41, 5.74) is 13.9. The molecule has 0 amide bonds. The summed E-state index contributed by atoms with van der Waals surface area (Å²) in [6.45, 7) is 4.06. The molecule has 3 N–H and O–H groups in total. The molecule has 1 aromatic carbocycles. The lowest BCUT2D eigenvalue weighted by Crippen LogP contribution is -2.66. The topological polar surface area (TPSA) is 89.3 Å². The summed E-state index contributed by atoms with van der Waals surface area (Å²) in [7, 11) is 0. The lowest BCUT2D eigenvalue weighted by atomic mass is 9.57. The normalized spacial score (nSPS) is 27.9. The highest BCUT2D eigenvalue weighted by molar-refractivity contribution is 5.91. The molecule has 6 nitrogen and oxygen atoms in total. The first kappa shape index (κ1) is 21.9. The highest BCUT2D eigenvalue weighted by Gasteiger charge is 2.60. The molecule has 1 atom stereocenters. The van der Waals surface area contributed by atoms with Crippen molar-refractivity contribution >= 4 is 22.3 Å². The number of aliphatic hydroxyl groups is 1. The van der Waals surface area contributed by atoms with Crippen molar-refractivity contribution in [3.8, 4) is 11.1 Å². The molecule has 3 aliphatic rings. The molecule has 6 heteroatoms. The van der Waals surface area contributed by atoms with Gasteiger partial charge in [-0.2, -0.15) is 9.61 Å². The van der Waals surface area contributed by atoms with Crippen LogP contribution >= 0.6 is 0 Å². The van der Waals surface area contributed by atoms with Crippen LogP contribution in [0.15, 0.2) is 60.8 Å². The molecule has 3 aromatic heterocycles. The molecule has 7 rings (SSSR count). The predicted molar refractivity (Wildman–Crippen MR) is 142 cm³/mol. The SMILES string of the molecule is Cc1nn2c(ncc3cc(-c4ccccc4)c(C4=CCC(C5(N)CC(O)(C6CC6)C5)C=C4)nc32)c1C. The first-order valence-corrected chi connectivity index (χ1v) is 13.0. The van der Waals surface area contributed by atoms with Crippen LogP contribution in [0.1, 0.15) is 49.1 Å². The second kappa shape index (κ2) is 7.58. The summed E-state index contributed by atoms with van der Waals surface area (Å²) in [4.78, 5) is 9.89. The third kappa shape index (κ3) is 3.28. The number of aromatic nitrogens is 4. The Labute approximate surface area is 210 Å². The van der Waals surface area contributed by atoms with E-state index in [1.165, 1.54) is 0 Å². The van der Waals surface area contributed by atoms with Crippen molar-refractivity contribution in [2.75, 3.05) is 0 Å². The molecule has 0 saturated heterocycles. The second-order valence-electron chi connectivity index (χ2n) is 11.2. The second-order valence-corrected chi connectivity index (χ2v) is 11.2. The van der Waals surface area contributed by atoms with Crippen LogP contribution in [0.25, 0.3) is 33.4 Å². The third-order valence-corrected chi connectivity index (χ3v) is 8.69. The van der Waals surface area contributed by atoms with Gasteiger partial charge in [0.25, 0.3) is 0 Å². The van der Waals surface area contributed by atoms with E-state index in [9.17, 15) is 5.11 Å². The molecule has 2 saturated carbocycles. The Bertz CT molecular complexity index is 1570. The van der Waals surface area contributed by atoms with Crippen LogP contribution < -0.4 is 5.73 Å². The lowest BCUT2D eigenvalue weighted by Gasteiger charge is -2.55. The number of pyridine rings is 1. The van der Waals surface area contributed by atoms with Gasteiger partial charge in [0.2, 0.25) is 0 Å². The summed E-state index contributed by atoms with van der Waals surface area (Å²) in [6.07, 6.45) is 13.1. The van der Waals surface area contributed by atoms with Crippen LogP contribution in [0, 0.1) is 25.7 Å². The Balaban J connectivity index is 1.30. The Hall–Kier alpha value is -3.35. The third-order valence-electron chi connectivity index (χ3n) is 8.69. The van der Waals surface area contributed by atoms with Crippen LogP contribution in [-0.4, -0.2) is 35.8 Å². The first-order chi connectivity index (χ1) is 17.3. The van der Waals surface area contributed by atoms with E-state index in [0.29, 0.717) is 18.8 Å². The molecule has 3 aliphatic carbocycles. The van der Waals surface area contributed by atoms with Crippen molar-refractivity contribution in [1.29, 1.82) is 0 Å². The largest absolute Gasteiger partial charge is 0.389 e. The minimum absolute atomic E-state index is 0.230. The fraction of sp³-hybridized carbons (Fsp3) is 0.367. The number of rotatable bonds is 4. The molecule has 0 spiro atoms. The van der Waals surface area contributed by atoms with Gasteiger partial charge in [-0.05, 0) is 75.0 Å². The van der Waals surface area contributed by atoms with E-state index in [4.69, 9.17) is 15.8 Å². The quantitative estimate of drug-likeness (QED) is 0.424.